The van der Waals surface area contributed by atoms with Crippen LogP contribution >= 0.6 is 11.3 Å². The Bertz CT molecular complexity index is 447. The number of carbonyl (C=O) groups is 1. The molecule has 90 valence electrons. The van der Waals surface area contributed by atoms with Crippen molar-refractivity contribution in [3.63, 3.8) is 0 Å². The van der Waals surface area contributed by atoms with Gasteiger partial charge in [0.2, 0.25) is 0 Å². The Morgan fingerprint density at radius 2 is 2.47 bits per heavy atom. The smallest absolute Gasteiger partial charge is 0.265 e. The Hall–Kier alpha value is -1.34. The van der Waals surface area contributed by atoms with Crippen molar-refractivity contribution in [2.24, 2.45) is 0 Å². The molecule has 2 rings (SSSR count). The lowest BCUT2D eigenvalue weighted by atomic mass is 10.0. The summed E-state index contributed by atoms with van der Waals surface area (Å²) in [5, 5.41) is 11.0. The van der Waals surface area contributed by atoms with Gasteiger partial charge in [-0.05, 0) is 42.7 Å². The third-order valence-corrected chi connectivity index (χ3v) is 4.18. The highest BCUT2D eigenvalue weighted by molar-refractivity contribution is 7.12. The van der Waals surface area contributed by atoms with E-state index >= 15 is 0 Å². The number of amides is 1. The van der Waals surface area contributed by atoms with Crippen molar-refractivity contribution in [1.82, 2.24) is 4.90 Å². The molecule has 1 amide bonds. The molecule has 17 heavy (non-hydrogen) atoms. The molecule has 1 unspecified atom stereocenters. The zero-order valence-electron chi connectivity index (χ0n) is 9.98. The first-order valence-corrected chi connectivity index (χ1v) is 6.92. The van der Waals surface area contributed by atoms with Gasteiger partial charge in [-0.1, -0.05) is 6.92 Å². The number of hydrogen-bond acceptors (Lipinski definition) is 3. The zero-order valence-corrected chi connectivity index (χ0v) is 10.8. The highest BCUT2D eigenvalue weighted by Crippen LogP contribution is 2.24. The van der Waals surface area contributed by atoms with Crippen LogP contribution in [-0.4, -0.2) is 23.4 Å². The summed E-state index contributed by atoms with van der Waals surface area (Å²) in [4.78, 5) is 15.0. The van der Waals surface area contributed by atoms with Gasteiger partial charge in [0.25, 0.3) is 5.91 Å². The largest absolute Gasteiger partial charge is 0.322 e. The third-order valence-electron chi connectivity index (χ3n) is 3.23. The van der Waals surface area contributed by atoms with E-state index in [1.807, 2.05) is 11.4 Å². The van der Waals surface area contributed by atoms with E-state index in [1.165, 1.54) is 11.3 Å². The van der Waals surface area contributed by atoms with E-state index in [9.17, 15) is 4.79 Å². The van der Waals surface area contributed by atoms with Crippen LogP contribution in [0.2, 0.25) is 0 Å². The predicted molar refractivity (Wildman–Crippen MR) is 68.0 cm³/mol. The van der Waals surface area contributed by atoms with E-state index in [2.05, 4.69) is 13.0 Å². The highest BCUT2D eigenvalue weighted by Gasteiger charge is 2.28. The van der Waals surface area contributed by atoms with Gasteiger partial charge in [0.1, 0.15) is 6.04 Å². The lowest BCUT2D eigenvalue weighted by Crippen LogP contribution is -2.42. The van der Waals surface area contributed by atoms with E-state index < -0.39 is 0 Å². The molecule has 0 bridgehead atoms. The summed E-state index contributed by atoms with van der Waals surface area (Å²) in [5.41, 5.74) is 1.10. The quantitative estimate of drug-likeness (QED) is 0.807. The van der Waals surface area contributed by atoms with Crippen LogP contribution in [0.1, 0.15) is 41.4 Å². The van der Waals surface area contributed by atoms with E-state index in [1.54, 1.807) is 4.90 Å². The van der Waals surface area contributed by atoms with Gasteiger partial charge in [-0.3, -0.25) is 4.79 Å². The van der Waals surface area contributed by atoms with Crippen molar-refractivity contribution in [3.05, 3.63) is 21.9 Å². The average Bonchev–Trinajstić information content (AvgIpc) is 2.86. The van der Waals surface area contributed by atoms with Crippen LogP contribution in [0.15, 0.2) is 11.4 Å². The maximum atomic E-state index is 12.4. The number of thiophene rings is 1. The molecule has 1 aliphatic heterocycles. The molecule has 0 N–H and O–H groups in total. The molecular formula is C13H16N2OS. The second kappa shape index (κ2) is 5.33. The maximum Gasteiger partial charge on any atom is 0.265 e. The van der Waals surface area contributed by atoms with E-state index in [4.69, 9.17) is 5.26 Å². The average molecular weight is 248 g/mol. The monoisotopic (exact) mass is 248 g/mol. The van der Waals surface area contributed by atoms with Crippen LogP contribution in [0.4, 0.5) is 0 Å². The van der Waals surface area contributed by atoms with Crippen molar-refractivity contribution in [1.29, 1.82) is 5.26 Å². The highest BCUT2D eigenvalue weighted by atomic mass is 32.1. The molecular weight excluding hydrogens is 232 g/mol. The fourth-order valence-corrected chi connectivity index (χ4v) is 3.19. The van der Waals surface area contributed by atoms with Crippen LogP contribution in [0, 0.1) is 11.3 Å². The Morgan fingerprint density at radius 3 is 3.18 bits per heavy atom. The first kappa shape index (κ1) is 12.1. The fraction of sp³-hybridized carbons (Fsp3) is 0.538. The van der Waals surface area contributed by atoms with Crippen LogP contribution in [-0.2, 0) is 6.42 Å². The van der Waals surface area contributed by atoms with E-state index in [0.29, 0.717) is 0 Å². The molecule has 1 aliphatic rings. The molecule has 3 nitrogen and oxygen atoms in total. The number of hydrogen-bond donors (Lipinski definition) is 0. The summed E-state index contributed by atoms with van der Waals surface area (Å²) in [6, 6.07) is 4.01. The first-order chi connectivity index (χ1) is 8.27. The minimum Gasteiger partial charge on any atom is -0.322 e. The predicted octanol–water partition coefficient (Wildman–Crippen LogP) is 2.83. The third kappa shape index (κ3) is 2.34. The Balaban J connectivity index is 2.22. The number of carbonyl (C=O) groups excluding carboxylic acids is 1. The van der Waals surface area contributed by atoms with Gasteiger partial charge in [-0.15, -0.1) is 11.3 Å². The van der Waals surface area contributed by atoms with E-state index in [0.717, 1.165) is 42.7 Å². The number of nitriles is 1. The van der Waals surface area contributed by atoms with Crippen molar-refractivity contribution in [3.8, 4) is 6.07 Å². The number of piperidine rings is 1. The number of nitrogens with zero attached hydrogens (tertiary/aromatic N) is 2. The van der Waals surface area contributed by atoms with Gasteiger partial charge in [0, 0.05) is 6.54 Å². The summed E-state index contributed by atoms with van der Waals surface area (Å²) < 4.78 is 0. The van der Waals surface area contributed by atoms with Crippen LogP contribution in [0.5, 0.6) is 0 Å². The Kier molecular flexibility index (Phi) is 3.80. The molecule has 1 atom stereocenters. The molecule has 2 heterocycles. The lowest BCUT2D eigenvalue weighted by Gasteiger charge is -2.31. The standard InChI is InChI=1S/C13H16N2OS/c1-2-10-6-8-17-12(10)13(16)15-7-4-3-5-11(15)9-14/h6,8,11H,2-5,7H2,1H3. The second-order valence-electron chi connectivity index (χ2n) is 4.27. The van der Waals surface area contributed by atoms with Crippen molar-refractivity contribution < 1.29 is 4.79 Å². The number of likely N-dealkylation sites (tertiary alicyclic amines) is 1. The molecule has 1 aromatic heterocycles. The summed E-state index contributed by atoms with van der Waals surface area (Å²) in [6.45, 7) is 2.77. The molecule has 0 aliphatic carbocycles. The summed E-state index contributed by atoms with van der Waals surface area (Å²) in [6.07, 6.45) is 3.74. The van der Waals surface area contributed by atoms with Gasteiger partial charge in [-0.2, -0.15) is 5.26 Å². The summed E-state index contributed by atoms with van der Waals surface area (Å²) in [7, 11) is 0. The van der Waals surface area contributed by atoms with Gasteiger partial charge < -0.3 is 4.90 Å². The molecule has 0 saturated carbocycles. The van der Waals surface area contributed by atoms with Gasteiger partial charge in [0.15, 0.2) is 0 Å². The number of rotatable bonds is 2. The molecule has 0 aromatic carbocycles. The Morgan fingerprint density at radius 1 is 1.65 bits per heavy atom. The molecule has 1 saturated heterocycles. The summed E-state index contributed by atoms with van der Waals surface area (Å²) in [5.74, 6) is 0.0445. The SMILES string of the molecule is CCc1ccsc1C(=O)N1CCCCC1C#N. The minimum atomic E-state index is -0.233. The molecule has 0 spiro atoms. The van der Waals surface area contributed by atoms with Gasteiger partial charge in [-0.25, -0.2) is 0 Å². The van der Waals surface area contributed by atoms with Gasteiger partial charge >= 0.3 is 0 Å². The molecule has 0 radical (unpaired) electrons. The first-order valence-electron chi connectivity index (χ1n) is 6.05. The lowest BCUT2D eigenvalue weighted by molar-refractivity contribution is 0.0674. The van der Waals surface area contributed by atoms with Gasteiger partial charge in [0.05, 0.1) is 10.9 Å². The van der Waals surface area contributed by atoms with Crippen LogP contribution < -0.4 is 0 Å². The topological polar surface area (TPSA) is 44.1 Å². The fourth-order valence-electron chi connectivity index (χ4n) is 2.24. The van der Waals surface area contributed by atoms with Crippen molar-refractivity contribution >= 4 is 17.2 Å². The normalized spacial score (nSPS) is 20.0. The summed E-state index contributed by atoms with van der Waals surface area (Å²) >= 11 is 1.49. The van der Waals surface area contributed by atoms with E-state index in [-0.39, 0.29) is 11.9 Å². The second-order valence-corrected chi connectivity index (χ2v) is 5.18. The minimum absolute atomic E-state index is 0.0445. The zero-order chi connectivity index (χ0) is 12.3. The molecule has 4 heteroatoms. The number of aryl methyl sites for hydroxylation is 1. The molecule has 1 fully saturated rings. The van der Waals surface area contributed by atoms with Crippen molar-refractivity contribution in [2.45, 2.75) is 38.6 Å². The Labute approximate surface area is 106 Å². The molecule has 1 aromatic rings. The van der Waals surface area contributed by atoms with Crippen LogP contribution in [0.25, 0.3) is 0 Å². The van der Waals surface area contributed by atoms with Crippen LogP contribution in [0.3, 0.4) is 0 Å². The maximum absolute atomic E-state index is 12.4. The van der Waals surface area contributed by atoms with Crippen molar-refractivity contribution in [2.75, 3.05) is 6.54 Å².